The third-order valence-electron chi connectivity index (χ3n) is 5.33. The number of likely N-dealkylation sites (tertiary alicyclic amines) is 1. The predicted molar refractivity (Wildman–Crippen MR) is 123 cm³/mol. The molecule has 0 radical (unpaired) electrons. The lowest BCUT2D eigenvalue weighted by Crippen LogP contribution is -2.38. The maximum atomic E-state index is 12.6. The molecule has 6 nitrogen and oxygen atoms in total. The molecule has 0 aliphatic carbocycles. The van der Waals surface area contributed by atoms with E-state index in [0.717, 1.165) is 32.5 Å². The Balaban J connectivity index is 1.54. The first-order valence-corrected chi connectivity index (χ1v) is 10.8. The number of rotatable bonds is 10. The van der Waals surface area contributed by atoms with Gasteiger partial charge in [0, 0.05) is 39.4 Å². The normalized spacial score (nSPS) is 15.2. The lowest BCUT2D eigenvalue weighted by atomic mass is 10.1. The zero-order valence-electron chi connectivity index (χ0n) is 18.4. The molecule has 0 aromatic heterocycles. The van der Waals surface area contributed by atoms with Crippen molar-refractivity contribution in [1.82, 2.24) is 10.2 Å². The minimum Gasteiger partial charge on any atom is -0.497 e. The van der Waals surface area contributed by atoms with Crippen molar-refractivity contribution in [3.8, 4) is 11.5 Å². The third kappa shape index (κ3) is 7.12. The van der Waals surface area contributed by atoms with Crippen molar-refractivity contribution in [3.63, 3.8) is 0 Å². The quantitative estimate of drug-likeness (QED) is 0.590. The second-order valence-electron chi connectivity index (χ2n) is 7.54. The average Bonchev–Trinajstić information content (AvgIpc) is 2.81. The standard InChI is InChI=1S/C25H32N2O4/c1-29-18-14-26-25(28)23-11-10-22(30-2)19-24(23)31-21-12-16-27(17-13-21)15-6-9-20-7-4-3-5-8-20/h3-11,19,21H,12-18H2,1-2H3,(H,26,28). The van der Waals surface area contributed by atoms with E-state index in [1.807, 2.05) is 18.2 Å². The molecule has 2 aromatic rings. The summed E-state index contributed by atoms with van der Waals surface area (Å²) in [6.07, 6.45) is 6.28. The maximum Gasteiger partial charge on any atom is 0.255 e. The Kier molecular flexibility index (Phi) is 8.94. The smallest absolute Gasteiger partial charge is 0.255 e. The summed E-state index contributed by atoms with van der Waals surface area (Å²) in [7, 11) is 3.22. The minimum atomic E-state index is -0.168. The highest BCUT2D eigenvalue weighted by atomic mass is 16.5. The summed E-state index contributed by atoms with van der Waals surface area (Å²) < 4.78 is 16.6. The summed E-state index contributed by atoms with van der Waals surface area (Å²) in [4.78, 5) is 15.0. The molecule has 1 aliphatic rings. The molecule has 3 rings (SSSR count). The van der Waals surface area contributed by atoms with Gasteiger partial charge in [0.1, 0.15) is 17.6 Å². The van der Waals surface area contributed by atoms with Crippen molar-refractivity contribution >= 4 is 12.0 Å². The Hall–Kier alpha value is -2.83. The summed E-state index contributed by atoms with van der Waals surface area (Å²) in [6.45, 7) is 3.77. The van der Waals surface area contributed by atoms with Crippen LogP contribution < -0.4 is 14.8 Å². The molecule has 1 heterocycles. The molecule has 1 aliphatic heterocycles. The third-order valence-corrected chi connectivity index (χ3v) is 5.33. The van der Waals surface area contributed by atoms with Crippen molar-refractivity contribution in [2.24, 2.45) is 0 Å². The van der Waals surface area contributed by atoms with Gasteiger partial charge in [0.15, 0.2) is 0 Å². The molecule has 0 spiro atoms. The molecule has 6 heteroatoms. The van der Waals surface area contributed by atoms with Crippen LogP contribution in [0.2, 0.25) is 0 Å². The van der Waals surface area contributed by atoms with Crippen LogP contribution in [-0.4, -0.2) is 63.9 Å². The van der Waals surface area contributed by atoms with Crippen molar-refractivity contribution in [3.05, 3.63) is 65.7 Å². The number of amides is 1. The molecule has 0 saturated carbocycles. The van der Waals surface area contributed by atoms with Crippen LogP contribution >= 0.6 is 0 Å². The number of nitrogens with zero attached hydrogens (tertiary/aromatic N) is 1. The van der Waals surface area contributed by atoms with Crippen LogP contribution in [0.4, 0.5) is 0 Å². The van der Waals surface area contributed by atoms with Gasteiger partial charge < -0.3 is 19.5 Å². The van der Waals surface area contributed by atoms with E-state index >= 15 is 0 Å². The molecule has 1 N–H and O–H groups in total. The van der Waals surface area contributed by atoms with Crippen LogP contribution in [0.5, 0.6) is 11.5 Å². The second kappa shape index (κ2) is 12.1. The molecule has 0 atom stereocenters. The second-order valence-corrected chi connectivity index (χ2v) is 7.54. The van der Waals surface area contributed by atoms with Gasteiger partial charge in [0.2, 0.25) is 0 Å². The predicted octanol–water partition coefficient (Wildman–Crippen LogP) is 3.63. The van der Waals surface area contributed by atoms with Gasteiger partial charge >= 0.3 is 0 Å². The van der Waals surface area contributed by atoms with Gasteiger partial charge in [0.25, 0.3) is 5.91 Å². The highest BCUT2D eigenvalue weighted by Gasteiger charge is 2.22. The molecule has 166 valence electrons. The minimum absolute atomic E-state index is 0.0759. The van der Waals surface area contributed by atoms with E-state index in [2.05, 4.69) is 34.5 Å². The topological polar surface area (TPSA) is 60.0 Å². The number of carbonyl (C=O) groups excluding carboxylic acids is 1. The van der Waals surface area contributed by atoms with E-state index in [1.54, 1.807) is 32.4 Å². The number of methoxy groups -OCH3 is 2. The van der Waals surface area contributed by atoms with Gasteiger partial charge in [-0.15, -0.1) is 0 Å². The number of hydrogen-bond donors (Lipinski definition) is 1. The first kappa shape index (κ1) is 22.8. The highest BCUT2D eigenvalue weighted by Crippen LogP contribution is 2.28. The van der Waals surface area contributed by atoms with E-state index in [9.17, 15) is 4.79 Å². The Labute approximate surface area is 184 Å². The Morgan fingerprint density at radius 3 is 2.61 bits per heavy atom. The van der Waals surface area contributed by atoms with Gasteiger partial charge in [-0.2, -0.15) is 0 Å². The number of carbonyl (C=O) groups is 1. The van der Waals surface area contributed by atoms with Crippen LogP contribution in [0.1, 0.15) is 28.8 Å². The van der Waals surface area contributed by atoms with E-state index in [1.165, 1.54) is 5.56 Å². The summed E-state index contributed by atoms with van der Waals surface area (Å²) >= 11 is 0. The van der Waals surface area contributed by atoms with Crippen molar-refractivity contribution < 1.29 is 19.0 Å². The summed E-state index contributed by atoms with van der Waals surface area (Å²) in [5.74, 6) is 1.07. The molecule has 0 unspecified atom stereocenters. The first-order chi connectivity index (χ1) is 15.2. The number of piperidine rings is 1. The molecular formula is C25H32N2O4. The van der Waals surface area contributed by atoms with Crippen LogP contribution in [0.25, 0.3) is 6.08 Å². The fourth-order valence-corrected chi connectivity index (χ4v) is 3.57. The average molecular weight is 425 g/mol. The Morgan fingerprint density at radius 2 is 1.90 bits per heavy atom. The number of nitrogens with one attached hydrogen (secondary N) is 1. The molecule has 0 bridgehead atoms. The van der Waals surface area contributed by atoms with Gasteiger partial charge in [-0.1, -0.05) is 42.5 Å². The van der Waals surface area contributed by atoms with Crippen LogP contribution in [0.15, 0.2) is 54.6 Å². The van der Waals surface area contributed by atoms with Crippen LogP contribution in [0, 0.1) is 0 Å². The molecule has 1 saturated heterocycles. The zero-order chi connectivity index (χ0) is 21.9. The van der Waals surface area contributed by atoms with Crippen molar-refractivity contribution in [2.75, 3.05) is 47.0 Å². The van der Waals surface area contributed by atoms with Gasteiger partial charge in [0.05, 0.1) is 19.3 Å². The Bertz CT molecular complexity index is 846. The summed E-state index contributed by atoms with van der Waals surface area (Å²) in [5.41, 5.74) is 1.74. The fraction of sp³-hybridized carbons (Fsp3) is 0.400. The lowest BCUT2D eigenvalue weighted by Gasteiger charge is -2.31. The van der Waals surface area contributed by atoms with Crippen LogP contribution in [-0.2, 0) is 4.74 Å². The molecule has 2 aromatic carbocycles. The van der Waals surface area contributed by atoms with E-state index in [4.69, 9.17) is 14.2 Å². The first-order valence-electron chi connectivity index (χ1n) is 10.8. The summed E-state index contributed by atoms with van der Waals surface area (Å²) in [5, 5.41) is 2.86. The van der Waals surface area contributed by atoms with Crippen LogP contribution in [0.3, 0.4) is 0 Å². The summed E-state index contributed by atoms with van der Waals surface area (Å²) in [6, 6.07) is 15.7. The highest BCUT2D eigenvalue weighted by molar-refractivity contribution is 5.97. The van der Waals surface area contributed by atoms with Crippen molar-refractivity contribution in [1.29, 1.82) is 0 Å². The molecule has 1 fully saturated rings. The SMILES string of the molecule is COCCNC(=O)c1ccc(OC)cc1OC1CCN(CC=Cc2ccccc2)CC1. The molecule has 31 heavy (non-hydrogen) atoms. The number of benzene rings is 2. The molecular weight excluding hydrogens is 392 g/mol. The molecule has 1 amide bonds. The zero-order valence-corrected chi connectivity index (χ0v) is 18.4. The van der Waals surface area contributed by atoms with E-state index in [-0.39, 0.29) is 12.0 Å². The van der Waals surface area contributed by atoms with Crippen molar-refractivity contribution in [2.45, 2.75) is 18.9 Å². The number of ether oxygens (including phenoxy) is 3. The van der Waals surface area contributed by atoms with Gasteiger partial charge in [-0.3, -0.25) is 9.69 Å². The maximum absolute atomic E-state index is 12.6. The fourth-order valence-electron chi connectivity index (χ4n) is 3.57. The lowest BCUT2D eigenvalue weighted by molar-refractivity contribution is 0.0905. The monoisotopic (exact) mass is 424 g/mol. The number of hydrogen-bond acceptors (Lipinski definition) is 5. The Morgan fingerprint density at radius 1 is 1.13 bits per heavy atom. The van der Waals surface area contributed by atoms with Gasteiger partial charge in [-0.25, -0.2) is 0 Å². The van der Waals surface area contributed by atoms with E-state index in [0.29, 0.717) is 30.2 Å². The van der Waals surface area contributed by atoms with E-state index < -0.39 is 0 Å². The largest absolute Gasteiger partial charge is 0.497 e. The van der Waals surface area contributed by atoms with Gasteiger partial charge in [-0.05, 0) is 30.5 Å².